The molecule has 3 N–H and O–H groups in total. The quantitative estimate of drug-likeness (QED) is 0.760. The van der Waals surface area contributed by atoms with Gasteiger partial charge in [0.25, 0.3) is 0 Å². The minimum Gasteiger partial charge on any atom is -0.378 e. The number of nitrogens with two attached hydrogens (primary N) is 1. The van der Waals surface area contributed by atoms with E-state index >= 15 is 0 Å². The molecule has 1 saturated heterocycles. The number of morpholine rings is 1. The number of carbonyl (C=O) groups is 1. The van der Waals surface area contributed by atoms with Crippen LogP contribution in [0.25, 0.3) is 0 Å². The maximum atomic E-state index is 12.5. The van der Waals surface area contributed by atoms with Crippen LogP contribution in [0.1, 0.15) is 18.2 Å². The van der Waals surface area contributed by atoms with Crippen molar-refractivity contribution in [1.29, 1.82) is 0 Å². The second kappa shape index (κ2) is 9.64. The summed E-state index contributed by atoms with van der Waals surface area (Å²) in [4.78, 5) is 19.3. The molecule has 0 unspecified atom stereocenters. The zero-order chi connectivity index (χ0) is 19.9. The van der Waals surface area contributed by atoms with Gasteiger partial charge in [-0.05, 0) is 31.5 Å². The van der Waals surface area contributed by atoms with E-state index in [2.05, 4.69) is 15.2 Å². The molecule has 1 amide bonds. The van der Waals surface area contributed by atoms with Crippen molar-refractivity contribution < 1.29 is 14.3 Å². The zero-order valence-corrected chi connectivity index (χ0v) is 16.4. The fourth-order valence-corrected chi connectivity index (χ4v) is 2.98. The number of amides is 1. The molecular weight excluding hydrogens is 356 g/mol. The van der Waals surface area contributed by atoms with Gasteiger partial charge in [0.2, 0.25) is 5.91 Å². The van der Waals surface area contributed by atoms with Gasteiger partial charge in [0.1, 0.15) is 11.9 Å². The average Bonchev–Trinajstić information content (AvgIpc) is 2.74. The molecule has 0 radical (unpaired) electrons. The van der Waals surface area contributed by atoms with Gasteiger partial charge >= 0.3 is 0 Å². The molecule has 28 heavy (non-hydrogen) atoms. The van der Waals surface area contributed by atoms with E-state index in [0.717, 1.165) is 30.2 Å². The lowest BCUT2D eigenvalue weighted by molar-refractivity contribution is -0.120. The van der Waals surface area contributed by atoms with Gasteiger partial charge in [0.15, 0.2) is 0 Å². The van der Waals surface area contributed by atoms with Crippen LogP contribution >= 0.6 is 0 Å². The number of anilines is 2. The lowest BCUT2D eigenvalue weighted by Crippen LogP contribution is -2.45. The molecule has 0 saturated carbocycles. The maximum Gasteiger partial charge on any atom is 0.244 e. The number of pyridine rings is 1. The van der Waals surface area contributed by atoms with E-state index in [1.54, 1.807) is 6.92 Å². The largest absolute Gasteiger partial charge is 0.378 e. The lowest BCUT2D eigenvalue weighted by atomic mass is 10.1. The van der Waals surface area contributed by atoms with Crippen molar-refractivity contribution in [2.45, 2.75) is 32.6 Å². The summed E-state index contributed by atoms with van der Waals surface area (Å²) in [5.74, 6) is 0.604. The van der Waals surface area contributed by atoms with Crippen LogP contribution in [0.2, 0.25) is 0 Å². The molecule has 1 aromatic heterocycles. The highest BCUT2D eigenvalue weighted by atomic mass is 16.5. The molecule has 150 valence electrons. The average molecular weight is 384 g/mol. The maximum absolute atomic E-state index is 12.5. The predicted molar refractivity (Wildman–Crippen MR) is 109 cm³/mol. The standard InChI is InChI=1S/C21H28N4O3/c1-15-18(8-9-19(23-15)25-10-12-27-13-11-25)24-21(26)20(22)16(2)28-14-17-6-4-3-5-7-17/h3-9,16,20H,10-14,22H2,1-2H3,(H,24,26)/t16-,20+/m0/s1. The highest BCUT2D eigenvalue weighted by Gasteiger charge is 2.22. The highest BCUT2D eigenvalue weighted by molar-refractivity contribution is 5.95. The first-order chi connectivity index (χ1) is 13.5. The number of benzene rings is 1. The summed E-state index contributed by atoms with van der Waals surface area (Å²) in [6.07, 6.45) is -0.416. The minimum absolute atomic E-state index is 0.287. The second-order valence-electron chi connectivity index (χ2n) is 6.92. The molecule has 2 heterocycles. The Morgan fingerprint density at radius 1 is 1.25 bits per heavy atom. The van der Waals surface area contributed by atoms with E-state index in [9.17, 15) is 4.79 Å². The van der Waals surface area contributed by atoms with Crippen LogP contribution in [-0.4, -0.2) is 49.3 Å². The van der Waals surface area contributed by atoms with Crippen LogP contribution in [-0.2, 0) is 20.9 Å². The first-order valence-electron chi connectivity index (χ1n) is 9.57. The Hall–Kier alpha value is -2.48. The Morgan fingerprint density at radius 3 is 2.64 bits per heavy atom. The van der Waals surface area contributed by atoms with Crippen molar-refractivity contribution in [2.24, 2.45) is 5.73 Å². The summed E-state index contributed by atoms with van der Waals surface area (Å²) in [5, 5.41) is 2.87. The van der Waals surface area contributed by atoms with Crippen molar-refractivity contribution >= 4 is 17.4 Å². The van der Waals surface area contributed by atoms with Crippen LogP contribution in [0.5, 0.6) is 0 Å². The van der Waals surface area contributed by atoms with E-state index in [-0.39, 0.29) is 5.91 Å². The third-order valence-corrected chi connectivity index (χ3v) is 4.83. The molecule has 7 nitrogen and oxygen atoms in total. The van der Waals surface area contributed by atoms with Crippen molar-refractivity contribution in [3.05, 3.63) is 53.7 Å². The summed E-state index contributed by atoms with van der Waals surface area (Å²) < 4.78 is 11.1. The fraction of sp³-hybridized carbons (Fsp3) is 0.429. The summed E-state index contributed by atoms with van der Waals surface area (Å²) in [6.45, 7) is 7.14. The molecule has 1 aliphatic heterocycles. The molecule has 0 spiro atoms. The van der Waals surface area contributed by atoms with Gasteiger partial charge in [0.05, 0.1) is 37.3 Å². The van der Waals surface area contributed by atoms with Crippen molar-refractivity contribution in [1.82, 2.24) is 4.98 Å². The molecule has 7 heteroatoms. The molecule has 1 aromatic carbocycles. The molecule has 0 aliphatic carbocycles. The lowest BCUT2D eigenvalue weighted by Gasteiger charge is -2.28. The topological polar surface area (TPSA) is 89.7 Å². The Bertz CT molecular complexity index is 778. The Morgan fingerprint density at radius 2 is 1.96 bits per heavy atom. The van der Waals surface area contributed by atoms with Gasteiger partial charge in [-0.2, -0.15) is 0 Å². The highest BCUT2D eigenvalue weighted by Crippen LogP contribution is 2.20. The Labute approximate surface area is 165 Å². The number of nitrogens with zero attached hydrogens (tertiary/aromatic N) is 2. The second-order valence-corrected chi connectivity index (χ2v) is 6.92. The van der Waals surface area contributed by atoms with Gasteiger partial charge in [-0.1, -0.05) is 30.3 Å². The smallest absolute Gasteiger partial charge is 0.244 e. The van der Waals surface area contributed by atoms with E-state index in [1.807, 2.05) is 49.4 Å². The van der Waals surface area contributed by atoms with Crippen LogP contribution in [0.15, 0.2) is 42.5 Å². The predicted octanol–water partition coefficient (Wildman–Crippen LogP) is 2.10. The number of rotatable bonds is 7. The summed E-state index contributed by atoms with van der Waals surface area (Å²) in [5.41, 5.74) is 8.54. The molecule has 2 atom stereocenters. The number of carbonyl (C=O) groups excluding carboxylic acids is 1. The molecule has 1 aliphatic rings. The van der Waals surface area contributed by atoms with Gasteiger partial charge in [-0.25, -0.2) is 4.98 Å². The van der Waals surface area contributed by atoms with Gasteiger partial charge in [-0.15, -0.1) is 0 Å². The van der Waals surface area contributed by atoms with E-state index in [1.165, 1.54) is 0 Å². The van der Waals surface area contributed by atoms with Crippen LogP contribution in [0.4, 0.5) is 11.5 Å². The number of hydrogen-bond donors (Lipinski definition) is 2. The molecule has 0 bridgehead atoms. The van der Waals surface area contributed by atoms with Crippen molar-refractivity contribution in [2.75, 3.05) is 36.5 Å². The van der Waals surface area contributed by atoms with E-state index in [0.29, 0.717) is 25.5 Å². The summed E-state index contributed by atoms with van der Waals surface area (Å²) in [6, 6.07) is 12.8. The first kappa shape index (κ1) is 20.3. The third kappa shape index (κ3) is 5.28. The summed E-state index contributed by atoms with van der Waals surface area (Å²) >= 11 is 0. The molecule has 2 aromatic rings. The fourth-order valence-electron chi connectivity index (χ4n) is 2.98. The molecule has 1 fully saturated rings. The Balaban J connectivity index is 1.55. The molecular formula is C21H28N4O3. The monoisotopic (exact) mass is 384 g/mol. The molecule has 3 rings (SSSR count). The van der Waals surface area contributed by atoms with Crippen molar-refractivity contribution in [3.63, 3.8) is 0 Å². The van der Waals surface area contributed by atoms with E-state index in [4.69, 9.17) is 15.2 Å². The number of hydrogen-bond acceptors (Lipinski definition) is 6. The SMILES string of the molecule is Cc1nc(N2CCOCC2)ccc1NC(=O)[C@H](N)[C@H](C)OCc1ccccc1. The zero-order valence-electron chi connectivity index (χ0n) is 16.4. The van der Waals surface area contributed by atoms with Crippen molar-refractivity contribution in [3.8, 4) is 0 Å². The van der Waals surface area contributed by atoms with E-state index < -0.39 is 12.1 Å². The first-order valence-corrected chi connectivity index (χ1v) is 9.57. The Kier molecular flexibility index (Phi) is 6.97. The van der Waals surface area contributed by atoms with Gasteiger partial charge in [-0.3, -0.25) is 4.79 Å². The van der Waals surface area contributed by atoms with Gasteiger partial charge in [0, 0.05) is 13.1 Å². The number of ether oxygens (including phenoxy) is 2. The van der Waals surface area contributed by atoms with Crippen LogP contribution in [0, 0.1) is 6.92 Å². The van der Waals surface area contributed by atoms with Gasteiger partial charge < -0.3 is 25.4 Å². The third-order valence-electron chi connectivity index (χ3n) is 4.83. The minimum atomic E-state index is -0.776. The summed E-state index contributed by atoms with van der Waals surface area (Å²) in [7, 11) is 0. The number of aryl methyl sites for hydroxylation is 1. The van der Waals surface area contributed by atoms with Crippen LogP contribution < -0.4 is 16.0 Å². The normalized spacial score (nSPS) is 16.5. The number of aromatic nitrogens is 1. The number of nitrogens with one attached hydrogen (secondary N) is 1. The van der Waals surface area contributed by atoms with Crippen LogP contribution in [0.3, 0.4) is 0 Å².